The summed E-state index contributed by atoms with van der Waals surface area (Å²) in [5.41, 5.74) is 1.56. The summed E-state index contributed by atoms with van der Waals surface area (Å²) in [5.74, 6) is 0.0377. The fraction of sp³-hybridized carbons (Fsp3) is 0.450. The molecule has 0 bridgehead atoms. The van der Waals surface area contributed by atoms with E-state index in [1.165, 1.54) is 0 Å². The van der Waals surface area contributed by atoms with Crippen LogP contribution in [0, 0.1) is 0 Å². The number of fused-ring (bicyclic) bond motifs is 1. The van der Waals surface area contributed by atoms with Crippen LogP contribution in [0.1, 0.15) is 62.1 Å². The standard InChI is InChI=1S/C20H27NO2/c1-4-7-14-18(22)16-12-8-10-15-11-9-13-17(19(15)16)20(23)21(5-2)6-3/h8-13,18,22H,4-7,14H2,1-3H3/t18-/m0/s1. The van der Waals surface area contributed by atoms with Gasteiger partial charge in [-0.1, -0.05) is 50.1 Å². The minimum atomic E-state index is -0.524. The second-order valence-corrected chi connectivity index (χ2v) is 5.89. The number of carbonyl (C=O) groups is 1. The molecule has 0 fully saturated rings. The lowest BCUT2D eigenvalue weighted by Crippen LogP contribution is -2.30. The van der Waals surface area contributed by atoms with Crippen molar-refractivity contribution >= 4 is 16.7 Å². The summed E-state index contributed by atoms with van der Waals surface area (Å²) in [6.45, 7) is 7.47. The average Bonchev–Trinajstić information content (AvgIpc) is 2.59. The van der Waals surface area contributed by atoms with Gasteiger partial charge in [-0.2, -0.15) is 0 Å². The molecule has 0 spiro atoms. The summed E-state index contributed by atoms with van der Waals surface area (Å²) in [4.78, 5) is 14.7. The Labute approximate surface area is 138 Å². The quantitative estimate of drug-likeness (QED) is 0.815. The van der Waals surface area contributed by atoms with Crippen LogP contribution in [0.2, 0.25) is 0 Å². The highest BCUT2D eigenvalue weighted by Crippen LogP contribution is 2.30. The first-order chi connectivity index (χ1) is 11.1. The zero-order chi connectivity index (χ0) is 16.8. The molecular weight excluding hydrogens is 286 g/mol. The molecule has 3 heteroatoms. The highest BCUT2D eigenvalue weighted by molar-refractivity contribution is 6.08. The third-order valence-corrected chi connectivity index (χ3v) is 4.41. The Kier molecular flexibility index (Phi) is 6.17. The topological polar surface area (TPSA) is 40.5 Å². The van der Waals surface area contributed by atoms with Crippen LogP contribution in [-0.4, -0.2) is 29.0 Å². The molecule has 23 heavy (non-hydrogen) atoms. The van der Waals surface area contributed by atoms with Gasteiger partial charge in [0.15, 0.2) is 0 Å². The van der Waals surface area contributed by atoms with Gasteiger partial charge in [-0.25, -0.2) is 0 Å². The van der Waals surface area contributed by atoms with Gasteiger partial charge < -0.3 is 10.0 Å². The first-order valence-corrected chi connectivity index (χ1v) is 8.62. The van der Waals surface area contributed by atoms with Gasteiger partial charge in [0.2, 0.25) is 0 Å². The molecule has 1 atom stereocenters. The molecular formula is C20H27NO2. The van der Waals surface area contributed by atoms with E-state index in [0.717, 1.165) is 35.6 Å². The smallest absolute Gasteiger partial charge is 0.254 e. The van der Waals surface area contributed by atoms with Gasteiger partial charge in [-0.3, -0.25) is 4.79 Å². The molecule has 2 rings (SSSR count). The Morgan fingerprint density at radius 1 is 1.09 bits per heavy atom. The van der Waals surface area contributed by atoms with E-state index in [1.54, 1.807) is 0 Å². The summed E-state index contributed by atoms with van der Waals surface area (Å²) in [6, 6.07) is 11.7. The number of hydrogen-bond acceptors (Lipinski definition) is 2. The number of benzene rings is 2. The predicted molar refractivity (Wildman–Crippen MR) is 95.7 cm³/mol. The third-order valence-electron chi connectivity index (χ3n) is 4.41. The summed E-state index contributed by atoms with van der Waals surface area (Å²) < 4.78 is 0. The van der Waals surface area contributed by atoms with Crippen molar-refractivity contribution in [2.45, 2.75) is 46.1 Å². The van der Waals surface area contributed by atoms with E-state index in [9.17, 15) is 9.90 Å². The number of aliphatic hydroxyl groups is 1. The lowest BCUT2D eigenvalue weighted by atomic mass is 9.93. The number of nitrogens with zero attached hydrogens (tertiary/aromatic N) is 1. The van der Waals surface area contributed by atoms with E-state index in [2.05, 4.69) is 6.92 Å². The first-order valence-electron chi connectivity index (χ1n) is 8.62. The maximum absolute atomic E-state index is 12.9. The molecule has 1 amide bonds. The monoisotopic (exact) mass is 313 g/mol. The molecule has 0 aromatic heterocycles. The average molecular weight is 313 g/mol. The fourth-order valence-corrected chi connectivity index (χ4v) is 3.06. The van der Waals surface area contributed by atoms with Crippen molar-refractivity contribution < 1.29 is 9.90 Å². The van der Waals surface area contributed by atoms with E-state index >= 15 is 0 Å². The van der Waals surface area contributed by atoms with Crippen LogP contribution in [0.4, 0.5) is 0 Å². The van der Waals surface area contributed by atoms with Crippen LogP contribution < -0.4 is 0 Å². The second kappa shape index (κ2) is 8.11. The predicted octanol–water partition coefficient (Wildman–Crippen LogP) is 4.55. The maximum Gasteiger partial charge on any atom is 0.254 e. The molecule has 124 valence electrons. The number of amides is 1. The van der Waals surface area contributed by atoms with Gasteiger partial charge >= 0.3 is 0 Å². The van der Waals surface area contributed by atoms with Crippen molar-refractivity contribution in [3.63, 3.8) is 0 Å². The molecule has 0 saturated heterocycles. The molecule has 1 N–H and O–H groups in total. The minimum Gasteiger partial charge on any atom is -0.388 e. The molecule has 0 unspecified atom stereocenters. The summed E-state index contributed by atoms with van der Waals surface area (Å²) in [5, 5.41) is 12.5. The van der Waals surface area contributed by atoms with E-state index in [4.69, 9.17) is 0 Å². The number of hydrogen-bond donors (Lipinski definition) is 1. The van der Waals surface area contributed by atoms with Crippen molar-refractivity contribution in [2.24, 2.45) is 0 Å². The van der Waals surface area contributed by atoms with Crippen LogP contribution in [-0.2, 0) is 0 Å². The number of unbranched alkanes of at least 4 members (excludes halogenated alkanes) is 1. The first kappa shape index (κ1) is 17.5. The van der Waals surface area contributed by atoms with Crippen LogP contribution in [0.3, 0.4) is 0 Å². The Morgan fingerprint density at radius 3 is 2.35 bits per heavy atom. The molecule has 0 aliphatic carbocycles. The van der Waals surface area contributed by atoms with Crippen LogP contribution >= 0.6 is 0 Å². The van der Waals surface area contributed by atoms with Gasteiger partial charge in [0.25, 0.3) is 5.91 Å². The van der Waals surface area contributed by atoms with E-state index in [-0.39, 0.29) is 5.91 Å². The highest BCUT2D eigenvalue weighted by Gasteiger charge is 2.19. The van der Waals surface area contributed by atoms with Crippen molar-refractivity contribution in [1.29, 1.82) is 0 Å². The molecule has 0 heterocycles. The lowest BCUT2D eigenvalue weighted by Gasteiger charge is -2.21. The number of rotatable bonds is 7. The zero-order valence-corrected chi connectivity index (χ0v) is 14.4. The Hall–Kier alpha value is -1.87. The van der Waals surface area contributed by atoms with Gasteiger partial charge in [0.1, 0.15) is 0 Å². The van der Waals surface area contributed by atoms with Gasteiger partial charge in [-0.15, -0.1) is 0 Å². The van der Waals surface area contributed by atoms with Crippen molar-refractivity contribution in [2.75, 3.05) is 13.1 Å². The molecule has 0 radical (unpaired) electrons. The van der Waals surface area contributed by atoms with Crippen molar-refractivity contribution in [1.82, 2.24) is 4.90 Å². The van der Waals surface area contributed by atoms with Gasteiger partial charge in [0.05, 0.1) is 6.10 Å². The molecule has 0 aliphatic rings. The highest BCUT2D eigenvalue weighted by atomic mass is 16.3. The van der Waals surface area contributed by atoms with Gasteiger partial charge in [0, 0.05) is 24.0 Å². The van der Waals surface area contributed by atoms with E-state index < -0.39 is 6.10 Å². The van der Waals surface area contributed by atoms with Crippen molar-refractivity contribution in [3.05, 3.63) is 47.5 Å². The second-order valence-electron chi connectivity index (χ2n) is 5.89. The third kappa shape index (κ3) is 3.73. The van der Waals surface area contributed by atoms with Crippen molar-refractivity contribution in [3.8, 4) is 0 Å². The molecule has 3 nitrogen and oxygen atoms in total. The fourth-order valence-electron chi connectivity index (χ4n) is 3.06. The maximum atomic E-state index is 12.9. The van der Waals surface area contributed by atoms with Gasteiger partial charge in [-0.05, 0) is 37.3 Å². The van der Waals surface area contributed by atoms with E-state index in [1.807, 2.05) is 55.1 Å². The normalized spacial score (nSPS) is 12.3. The summed E-state index contributed by atoms with van der Waals surface area (Å²) in [6.07, 6.45) is 2.23. The molecule has 2 aromatic carbocycles. The minimum absolute atomic E-state index is 0.0377. The van der Waals surface area contributed by atoms with Crippen LogP contribution in [0.25, 0.3) is 10.8 Å². The zero-order valence-electron chi connectivity index (χ0n) is 14.4. The summed E-state index contributed by atoms with van der Waals surface area (Å²) >= 11 is 0. The Balaban J connectivity index is 2.55. The lowest BCUT2D eigenvalue weighted by molar-refractivity contribution is 0.0775. The van der Waals surface area contributed by atoms with Crippen LogP contribution in [0.15, 0.2) is 36.4 Å². The van der Waals surface area contributed by atoms with E-state index in [0.29, 0.717) is 18.7 Å². The van der Waals surface area contributed by atoms with Crippen LogP contribution in [0.5, 0.6) is 0 Å². The number of carbonyl (C=O) groups excluding carboxylic acids is 1. The molecule has 0 aliphatic heterocycles. The Bertz CT molecular complexity index is 656. The number of aliphatic hydroxyl groups excluding tert-OH is 1. The summed E-state index contributed by atoms with van der Waals surface area (Å²) in [7, 11) is 0. The molecule has 2 aromatic rings. The Morgan fingerprint density at radius 2 is 1.74 bits per heavy atom. The SMILES string of the molecule is CCCC[C@H](O)c1cccc2cccc(C(=O)N(CC)CC)c12. The largest absolute Gasteiger partial charge is 0.388 e. The molecule has 0 saturated carbocycles.